The van der Waals surface area contributed by atoms with Crippen molar-refractivity contribution in [2.24, 2.45) is 0 Å². The monoisotopic (exact) mass is 391 g/mol. The first-order chi connectivity index (χ1) is 14.1. The van der Waals surface area contributed by atoms with E-state index in [0.717, 1.165) is 22.6 Å². The highest BCUT2D eigenvalue weighted by molar-refractivity contribution is 5.89. The van der Waals surface area contributed by atoms with Gasteiger partial charge < -0.3 is 15.1 Å². The molecule has 148 valence electrons. The van der Waals surface area contributed by atoms with Crippen molar-refractivity contribution in [2.45, 2.75) is 6.92 Å². The van der Waals surface area contributed by atoms with Gasteiger partial charge in [0.15, 0.2) is 5.82 Å². The van der Waals surface area contributed by atoms with Crippen LogP contribution in [0, 0.1) is 12.7 Å². The van der Waals surface area contributed by atoms with Crippen LogP contribution in [0.2, 0.25) is 0 Å². The molecule has 0 unspecified atom stereocenters. The van der Waals surface area contributed by atoms with Crippen LogP contribution in [0.5, 0.6) is 0 Å². The molecule has 1 saturated heterocycles. The van der Waals surface area contributed by atoms with E-state index in [-0.39, 0.29) is 11.8 Å². The Morgan fingerprint density at radius 3 is 2.45 bits per heavy atom. The molecule has 29 heavy (non-hydrogen) atoms. The third-order valence-corrected chi connectivity index (χ3v) is 5.04. The molecule has 1 aliphatic rings. The lowest BCUT2D eigenvalue weighted by Gasteiger charge is -2.35. The summed E-state index contributed by atoms with van der Waals surface area (Å²) < 4.78 is 13.3. The highest BCUT2D eigenvalue weighted by Crippen LogP contribution is 2.22. The SMILES string of the molecule is Cc1ccccc1-c1ccc(N2CCN(C(=O)Nc3cccc(F)c3)CC2)nn1. The Bertz CT molecular complexity index is 1000. The minimum atomic E-state index is -0.375. The summed E-state index contributed by atoms with van der Waals surface area (Å²) in [5.41, 5.74) is 3.54. The molecule has 2 heterocycles. The second kappa shape index (κ2) is 8.26. The number of amides is 2. The number of urea groups is 1. The number of aromatic nitrogens is 2. The van der Waals surface area contributed by atoms with E-state index in [1.165, 1.54) is 12.1 Å². The van der Waals surface area contributed by atoms with Gasteiger partial charge in [-0.1, -0.05) is 30.3 Å². The van der Waals surface area contributed by atoms with Crippen LogP contribution in [0.1, 0.15) is 5.56 Å². The summed E-state index contributed by atoms with van der Waals surface area (Å²) in [6.07, 6.45) is 0. The number of carbonyl (C=O) groups excluding carboxylic acids is 1. The number of halogens is 1. The molecule has 6 nitrogen and oxygen atoms in total. The van der Waals surface area contributed by atoms with Crippen molar-refractivity contribution in [3.63, 3.8) is 0 Å². The van der Waals surface area contributed by atoms with Gasteiger partial charge in [0, 0.05) is 37.4 Å². The lowest BCUT2D eigenvalue weighted by atomic mass is 10.1. The van der Waals surface area contributed by atoms with Gasteiger partial charge in [-0.15, -0.1) is 10.2 Å². The lowest BCUT2D eigenvalue weighted by molar-refractivity contribution is 0.208. The van der Waals surface area contributed by atoms with Gasteiger partial charge in [-0.3, -0.25) is 0 Å². The summed E-state index contributed by atoms with van der Waals surface area (Å²) in [7, 11) is 0. The smallest absolute Gasteiger partial charge is 0.321 e. The fraction of sp³-hybridized carbons (Fsp3) is 0.227. The van der Waals surface area contributed by atoms with Crippen LogP contribution < -0.4 is 10.2 Å². The molecule has 3 aromatic rings. The van der Waals surface area contributed by atoms with E-state index in [2.05, 4.69) is 33.4 Å². The Morgan fingerprint density at radius 1 is 0.966 bits per heavy atom. The van der Waals surface area contributed by atoms with Crippen LogP contribution >= 0.6 is 0 Å². The first-order valence-electron chi connectivity index (χ1n) is 9.56. The van der Waals surface area contributed by atoms with Crippen LogP contribution in [0.25, 0.3) is 11.3 Å². The minimum absolute atomic E-state index is 0.226. The van der Waals surface area contributed by atoms with Crippen LogP contribution in [0.3, 0.4) is 0 Å². The molecule has 1 N–H and O–H groups in total. The van der Waals surface area contributed by atoms with Gasteiger partial charge in [0.2, 0.25) is 0 Å². The number of piperazine rings is 1. The number of anilines is 2. The van der Waals surface area contributed by atoms with Crippen LogP contribution in [-0.4, -0.2) is 47.3 Å². The molecule has 0 bridgehead atoms. The van der Waals surface area contributed by atoms with Crippen LogP contribution in [0.15, 0.2) is 60.7 Å². The summed E-state index contributed by atoms with van der Waals surface area (Å²) in [5, 5.41) is 11.5. The highest BCUT2D eigenvalue weighted by Gasteiger charge is 2.22. The molecule has 7 heteroatoms. The fourth-order valence-corrected chi connectivity index (χ4v) is 3.41. The Kier molecular flexibility index (Phi) is 5.37. The van der Waals surface area contributed by atoms with E-state index in [1.54, 1.807) is 17.0 Å². The second-order valence-electron chi connectivity index (χ2n) is 7.01. The zero-order valence-electron chi connectivity index (χ0n) is 16.2. The Labute approximate surface area is 169 Å². The van der Waals surface area contributed by atoms with Crippen molar-refractivity contribution in [3.05, 3.63) is 72.0 Å². The molecule has 2 amide bonds. The van der Waals surface area contributed by atoms with Gasteiger partial charge in [0.1, 0.15) is 5.82 Å². The number of aryl methyl sites for hydroxylation is 1. The maximum atomic E-state index is 13.3. The zero-order valence-corrected chi connectivity index (χ0v) is 16.2. The Morgan fingerprint density at radius 2 is 1.76 bits per heavy atom. The van der Waals surface area contributed by atoms with E-state index in [9.17, 15) is 9.18 Å². The normalized spacial score (nSPS) is 14.0. The minimum Gasteiger partial charge on any atom is -0.352 e. The summed E-state index contributed by atoms with van der Waals surface area (Å²) in [4.78, 5) is 16.2. The molecule has 4 rings (SSSR count). The standard InChI is InChI=1S/C22H22FN5O/c1-16-5-2-3-8-19(16)20-9-10-21(26-25-20)27-11-13-28(14-12-27)22(29)24-18-7-4-6-17(23)15-18/h2-10,15H,11-14H2,1H3,(H,24,29). The quantitative estimate of drug-likeness (QED) is 0.735. The van der Waals surface area contributed by atoms with Crippen molar-refractivity contribution in [1.82, 2.24) is 15.1 Å². The maximum Gasteiger partial charge on any atom is 0.321 e. The van der Waals surface area contributed by atoms with E-state index in [0.29, 0.717) is 31.9 Å². The third-order valence-electron chi connectivity index (χ3n) is 5.04. The number of hydrogen-bond donors (Lipinski definition) is 1. The molecule has 0 radical (unpaired) electrons. The molecule has 0 spiro atoms. The molecule has 1 aliphatic heterocycles. The van der Waals surface area contributed by atoms with Gasteiger partial charge in [0.25, 0.3) is 0 Å². The zero-order chi connectivity index (χ0) is 20.2. The summed E-state index contributed by atoms with van der Waals surface area (Å²) in [5.74, 6) is 0.424. The number of nitrogens with zero attached hydrogens (tertiary/aromatic N) is 4. The largest absolute Gasteiger partial charge is 0.352 e. The lowest BCUT2D eigenvalue weighted by Crippen LogP contribution is -2.50. The van der Waals surface area contributed by atoms with Gasteiger partial charge in [-0.25, -0.2) is 9.18 Å². The highest BCUT2D eigenvalue weighted by atomic mass is 19.1. The van der Waals surface area contributed by atoms with Crippen LogP contribution in [0.4, 0.5) is 20.7 Å². The predicted molar refractivity (Wildman–Crippen MR) is 111 cm³/mol. The average Bonchev–Trinajstić information content (AvgIpc) is 2.74. The van der Waals surface area contributed by atoms with Gasteiger partial charge in [0.05, 0.1) is 5.69 Å². The summed E-state index contributed by atoms with van der Waals surface area (Å²) in [6.45, 7) is 4.49. The van der Waals surface area contributed by atoms with Gasteiger partial charge in [-0.2, -0.15) is 0 Å². The fourth-order valence-electron chi connectivity index (χ4n) is 3.41. The first-order valence-corrected chi connectivity index (χ1v) is 9.56. The van der Waals surface area contributed by atoms with Crippen molar-refractivity contribution in [1.29, 1.82) is 0 Å². The van der Waals surface area contributed by atoms with Gasteiger partial charge >= 0.3 is 6.03 Å². The predicted octanol–water partition coefficient (Wildman–Crippen LogP) is 3.95. The van der Waals surface area contributed by atoms with E-state index < -0.39 is 0 Å². The number of carbonyl (C=O) groups is 1. The summed E-state index contributed by atoms with van der Waals surface area (Å²) in [6, 6.07) is 17.7. The second-order valence-corrected chi connectivity index (χ2v) is 7.01. The maximum absolute atomic E-state index is 13.3. The van der Waals surface area contributed by atoms with Crippen molar-refractivity contribution in [3.8, 4) is 11.3 Å². The van der Waals surface area contributed by atoms with E-state index in [1.807, 2.05) is 30.3 Å². The third kappa shape index (κ3) is 4.34. The molecule has 1 aromatic heterocycles. The Balaban J connectivity index is 1.36. The van der Waals surface area contributed by atoms with Crippen molar-refractivity contribution < 1.29 is 9.18 Å². The number of hydrogen-bond acceptors (Lipinski definition) is 4. The molecular formula is C22H22FN5O. The van der Waals surface area contributed by atoms with E-state index >= 15 is 0 Å². The summed E-state index contributed by atoms with van der Waals surface area (Å²) >= 11 is 0. The Hall–Kier alpha value is -3.48. The van der Waals surface area contributed by atoms with E-state index in [4.69, 9.17) is 0 Å². The molecule has 1 fully saturated rings. The number of rotatable bonds is 3. The molecule has 0 aliphatic carbocycles. The first kappa shape index (κ1) is 18.9. The van der Waals surface area contributed by atoms with Crippen molar-refractivity contribution >= 4 is 17.5 Å². The van der Waals surface area contributed by atoms with Crippen molar-refractivity contribution in [2.75, 3.05) is 36.4 Å². The number of nitrogens with one attached hydrogen (secondary N) is 1. The number of benzene rings is 2. The molecular weight excluding hydrogens is 369 g/mol. The molecule has 0 saturated carbocycles. The topological polar surface area (TPSA) is 61.4 Å². The average molecular weight is 391 g/mol. The molecule has 2 aromatic carbocycles. The van der Waals surface area contributed by atoms with Gasteiger partial charge in [-0.05, 0) is 42.8 Å². The van der Waals surface area contributed by atoms with Crippen LogP contribution in [-0.2, 0) is 0 Å². The molecule has 0 atom stereocenters.